The third kappa shape index (κ3) is 4.20. The number of benzene rings is 2. The molecule has 3 heteroatoms. The summed E-state index contributed by atoms with van der Waals surface area (Å²) in [6.45, 7) is 4.07. The van der Waals surface area contributed by atoms with E-state index < -0.39 is 0 Å². The number of hydrogen-bond acceptors (Lipinski definition) is 1. The van der Waals surface area contributed by atoms with Crippen molar-refractivity contribution in [2.24, 2.45) is 0 Å². The monoisotopic (exact) mass is 299 g/mol. The van der Waals surface area contributed by atoms with E-state index in [0.29, 0.717) is 5.02 Å². The lowest BCUT2D eigenvalue weighted by atomic mass is 10.1. The second-order valence-electron chi connectivity index (χ2n) is 4.84. The highest BCUT2D eigenvalue weighted by atomic mass is 35.5. The first-order chi connectivity index (χ1) is 10.1. The van der Waals surface area contributed by atoms with Crippen LogP contribution in [0.4, 0.5) is 5.69 Å². The lowest BCUT2D eigenvalue weighted by molar-refractivity contribution is -0.111. The van der Waals surface area contributed by atoms with Crippen molar-refractivity contribution in [1.29, 1.82) is 0 Å². The molecule has 0 aromatic heterocycles. The van der Waals surface area contributed by atoms with Crippen LogP contribution in [0.25, 0.3) is 6.08 Å². The van der Waals surface area contributed by atoms with Crippen molar-refractivity contribution >= 4 is 29.3 Å². The quantitative estimate of drug-likeness (QED) is 0.802. The highest BCUT2D eigenvalue weighted by Crippen LogP contribution is 2.21. The fourth-order valence-corrected chi connectivity index (χ4v) is 2.35. The Balaban J connectivity index is 2.12. The van der Waals surface area contributed by atoms with E-state index >= 15 is 0 Å². The molecule has 0 unspecified atom stereocenters. The SMILES string of the molecule is CCc1cccc(C)c1NC(=O)/C=C/c1cccc(Cl)c1. The van der Waals surface area contributed by atoms with Crippen LogP contribution in [0.3, 0.4) is 0 Å². The highest BCUT2D eigenvalue weighted by molar-refractivity contribution is 6.30. The van der Waals surface area contributed by atoms with Crippen LogP contribution >= 0.6 is 11.6 Å². The predicted octanol–water partition coefficient (Wildman–Crippen LogP) is 4.86. The van der Waals surface area contributed by atoms with Gasteiger partial charge in [0.1, 0.15) is 0 Å². The number of carbonyl (C=O) groups excluding carboxylic acids is 1. The molecule has 0 saturated carbocycles. The number of amides is 1. The minimum absolute atomic E-state index is 0.140. The Morgan fingerprint density at radius 2 is 2.00 bits per heavy atom. The zero-order chi connectivity index (χ0) is 15.2. The van der Waals surface area contributed by atoms with Gasteiger partial charge in [0.05, 0.1) is 0 Å². The van der Waals surface area contributed by atoms with Crippen LogP contribution in [-0.2, 0) is 11.2 Å². The van der Waals surface area contributed by atoms with Crippen molar-refractivity contribution in [3.63, 3.8) is 0 Å². The van der Waals surface area contributed by atoms with Crippen molar-refractivity contribution < 1.29 is 4.79 Å². The summed E-state index contributed by atoms with van der Waals surface area (Å²) in [6, 6.07) is 13.4. The summed E-state index contributed by atoms with van der Waals surface area (Å²) in [7, 11) is 0. The molecule has 0 aliphatic heterocycles. The molecule has 0 atom stereocenters. The van der Waals surface area contributed by atoms with Crippen molar-refractivity contribution in [3.8, 4) is 0 Å². The fourth-order valence-electron chi connectivity index (χ4n) is 2.15. The van der Waals surface area contributed by atoms with Crippen LogP contribution in [0.5, 0.6) is 0 Å². The summed E-state index contributed by atoms with van der Waals surface area (Å²) in [5.74, 6) is -0.140. The number of carbonyl (C=O) groups is 1. The molecule has 21 heavy (non-hydrogen) atoms. The first-order valence-electron chi connectivity index (χ1n) is 6.93. The van der Waals surface area contributed by atoms with Crippen molar-refractivity contribution in [1.82, 2.24) is 0 Å². The summed E-state index contributed by atoms with van der Waals surface area (Å²) in [5, 5.41) is 3.61. The van der Waals surface area contributed by atoms with Gasteiger partial charge >= 0.3 is 0 Å². The zero-order valence-corrected chi connectivity index (χ0v) is 12.9. The van der Waals surface area contributed by atoms with Gasteiger partial charge in [0, 0.05) is 16.8 Å². The molecule has 2 aromatic rings. The summed E-state index contributed by atoms with van der Waals surface area (Å²) in [5.41, 5.74) is 4.01. The molecule has 0 bridgehead atoms. The number of nitrogens with one attached hydrogen (secondary N) is 1. The summed E-state index contributed by atoms with van der Waals surface area (Å²) in [4.78, 5) is 12.1. The molecule has 108 valence electrons. The molecular formula is C18H18ClNO. The Bertz CT molecular complexity index is 677. The normalized spacial score (nSPS) is 10.8. The Morgan fingerprint density at radius 3 is 2.71 bits per heavy atom. The van der Waals surface area contributed by atoms with Crippen molar-refractivity contribution in [3.05, 3.63) is 70.3 Å². The topological polar surface area (TPSA) is 29.1 Å². The lowest BCUT2D eigenvalue weighted by Gasteiger charge is -2.11. The van der Waals surface area contributed by atoms with Gasteiger partial charge in [-0.3, -0.25) is 4.79 Å². The molecule has 2 aromatic carbocycles. The van der Waals surface area contributed by atoms with E-state index in [2.05, 4.69) is 12.2 Å². The van der Waals surface area contributed by atoms with E-state index in [1.165, 1.54) is 6.08 Å². The third-order valence-corrected chi connectivity index (χ3v) is 3.50. The van der Waals surface area contributed by atoms with Gasteiger partial charge in [-0.25, -0.2) is 0 Å². The van der Waals surface area contributed by atoms with E-state index in [0.717, 1.165) is 28.8 Å². The van der Waals surface area contributed by atoms with Gasteiger partial charge in [0.25, 0.3) is 0 Å². The summed E-state index contributed by atoms with van der Waals surface area (Å²) < 4.78 is 0. The second kappa shape index (κ2) is 7.09. The van der Waals surface area contributed by atoms with E-state index in [1.54, 1.807) is 12.1 Å². The number of anilines is 1. The zero-order valence-electron chi connectivity index (χ0n) is 12.2. The van der Waals surface area contributed by atoms with E-state index in [9.17, 15) is 4.79 Å². The van der Waals surface area contributed by atoms with Crippen LogP contribution in [-0.4, -0.2) is 5.91 Å². The number of halogens is 1. The average molecular weight is 300 g/mol. The van der Waals surface area contributed by atoms with E-state index in [1.807, 2.05) is 43.3 Å². The van der Waals surface area contributed by atoms with Crippen molar-refractivity contribution in [2.75, 3.05) is 5.32 Å². The second-order valence-corrected chi connectivity index (χ2v) is 5.28. The minimum atomic E-state index is -0.140. The third-order valence-electron chi connectivity index (χ3n) is 3.26. The number of rotatable bonds is 4. The molecule has 0 heterocycles. The number of hydrogen-bond donors (Lipinski definition) is 1. The maximum Gasteiger partial charge on any atom is 0.248 e. The first kappa shape index (κ1) is 15.3. The Kier molecular flexibility index (Phi) is 5.18. The molecule has 1 amide bonds. The van der Waals surface area contributed by atoms with E-state index in [-0.39, 0.29) is 5.91 Å². The average Bonchev–Trinajstić information content (AvgIpc) is 2.47. The Hall–Kier alpha value is -2.06. The highest BCUT2D eigenvalue weighted by Gasteiger charge is 2.06. The largest absolute Gasteiger partial charge is 0.322 e. The predicted molar refractivity (Wildman–Crippen MR) is 89.7 cm³/mol. The van der Waals surface area contributed by atoms with Crippen LogP contribution in [0, 0.1) is 6.92 Å². The van der Waals surface area contributed by atoms with Gasteiger partial charge in [-0.2, -0.15) is 0 Å². The Labute approximate surface area is 130 Å². The summed E-state index contributed by atoms with van der Waals surface area (Å²) >= 11 is 5.92. The molecule has 1 N–H and O–H groups in total. The maximum atomic E-state index is 12.1. The first-order valence-corrected chi connectivity index (χ1v) is 7.31. The standard InChI is InChI=1S/C18H18ClNO/c1-3-15-8-4-6-13(2)18(15)20-17(21)11-10-14-7-5-9-16(19)12-14/h4-12H,3H2,1-2H3,(H,20,21)/b11-10+. The van der Waals surface area contributed by atoms with Gasteiger partial charge in [0.15, 0.2) is 0 Å². The lowest BCUT2D eigenvalue weighted by Crippen LogP contribution is -2.11. The molecule has 2 rings (SSSR count). The van der Waals surface area contributed by atoms with Crippen LogP contribution < -0.4 is 5.32 Å². The molecule has 0 spiro atoms. The molecule has 0 aliphatic rings. The molecule has 0 aliphatic carbocycles. The smallest absolute Gasteiger partial charge is 0.248 e. The fraction of sp³-hybridized carbons (Fsp3) is 0.167. The van der Waals surface area contributed by atoms with Gasteiger partial charge in [-0.05, 0) is 48.2 Å². The summed E-state index contributed by atoms with van der Waals surface area (Å²) in [6.07, 6.45) is 4.16. The molecule has 0 fully saturated rings. The van der Waals surface area contributed by atoms with Crippen LogP contribution in [0.2, 0.25) is 5.02 Å². The van der Waals surface area contributed by atoms with Gasteiger partial charge < -0.3 is 5.32 Å². The minimum Gasteiger partial charge on any atom is -0.322 e. The van der Waals surface area contributed by atoms with Gasteiger partial charge in [-0.1, -0.05) is 48.9 Å². The molecule has 0 radical (unpaired) electrons. The molecular weight excluding hydrogens is 282 g/mol. The van der Waals surface area contributed by atoms with E-state index in [4.69, 9.17) is 11.6 Å². The Morgan fingerprint density at radius 1 is 1.24 bits per heavy atom. The van der Waals surface area contributed by atoms with Gasteiger partial charge in [-0.15, -0.1) is 0 Å². The molecule has 0 saturated heterocycles. The van der Waals surface area contributed by atoms with Gasteiger partial charge in [0.2, 0.25) is 5.91 Å². The maximum absolute atomic E-state index is 12.1. The van der Waals surface area contributed by atoms with Crippen LogP contribution in [0.15, 0.2) is 48.5 Å². The number of para-hydroxylation sites is 1. The van der Waals surface area contributed by atoms with Crippen molar-refractivity contribution in [2.45, 2.75) is 20.3 Å². The molecule has 2 nitrogen and oxygen atoms in total. The van der Waals surface area contributed by atoms with Crippen LogP contribution in [0.1, 0.15) is 23.6 Å². The number of aryl methyl sites for hydroxylation is 2.